The van der Waals surface area contributed by atoms with Gasteiger partial charge in [0.1, 0.15) is 0 Å². The summed E-state index contributed by atoms with van der Waals surface area (Å²) in [6.45, 7) is -2.23. The van der Waals surface area contributed by atoms with E-state index >= 15 is 0 Å². The van der Waals surface area contributed by atoms with E-state index in [0.29, 0.717) is 12.1 Å². The van der Waals surface area contributed by atoms with Gasteiger partial charge in [-0.15, -0.1) is 0 Å². The van der Waals surface area contributed by atoms with E-state index in [1.54, 1.807) is 0 Å². The normalized spacial score (nSPS) is 13.7. The highest BCUT2D eigenvalue weighted by molar-refractivity contribution is 6.47. The van der Waals surface area contributed by atoms with Crippen molar-refractivity contribution in [2.45, 2.75) is 18.8 Å². The van der Waals surface area contributed by atoms with E-state index in [9.17, 15) is 26.3 Å². The fraction of sp³-hybridized carbons (Fsp3) is 0.333. The highest BCUT2D eigenvalue weighted by Crippen LogP contribution is 2.34. The van der Waals surface area contributed by atoms with Crippen LogP contribution in [0.5, 0.6) is 0 Å². The van der Waals surface area contributed by atoms with Gasteiger partial charge >= 0.3 is 12.4 Å². The van der Waals surface area contributed by atoms with E-state index in [4.69, 9.17) is 10.2 Å². The number of halogens is 6. The van der Waals surface area contributed by atoms with Crippen molar-refractivity contribution in [2.24, 2.45) is 0 Å². The van der Waals surface area contributed by atoms with Gasteiger partial charge in [-0.3, -0.25) is 0 Å². The summed E-state index contributed by atoms with van der Waals surface area (Å²) in [5, 5.41) is 16.5. The minimum atomic E-state index is -4.93. The number of rotatable bonds is 3. The Morgan fingerprint density at radius 1 is 0.895 bits per heavy atom. The Morgan fingerprint density at radius 2 is 1.32 bits per heavy atom. The first-order valence-corrected chi connectivity index (χ1v) is 6.04. The minimum absolute atomic E-state index is 0.00667. The lowest BCUT2D eigenvalue weighted by Crippen LogP contribution is -2.26. The molecule has 0 radical (unpaired) electrons. The summed E-state index contributed by atoms with van der Waals surface area (Å²) in [7, 11) is -2.12. The van der Waals surface area contributed by atoms with Crippen LogP contribution in [0.15, 0.2) is 18.2 Å². The van der Waals surface area contributed by atoms with Crippen molar-refractivity contribution in [2.75, 3.05) is 0 Å². The van der Waals surface area contributed by atoms with Crippen LogP contribution in [0.2, 0.25) is 0 Å². The summed E-state index contributed by atoms with van der Waals surface area (Å²) in [6.07, 6.45) is -9.86. The van der Waals surface area contributed by atoms with Gasteiger partial charge < -0.3 is 14.6 Å². The zero-order chi connectivity index (χ0) is 14.8. The fourth-order valence-electron chi connectivity index (χ4n) is 1.27. The molecule has 108 valence electrons. The standard InChI is InChI=1S/C9H8F6O3Si/c10-8(11,12)4-1-5(9(13,14)15)3-6(2-4)19-18-7(16)17/h1-3,7,16-17H,19H2. The smallest absolute Gasteiger partial charge is 0.373 e. The molecule has 3 nitrogen and oxygen atoms in total. The van der Waals surface area contributed by atoms with Gasteiger partial charge in [0.2, 0.25) is 0 Å². The maximum atomic E-state index is 12.4. The fourth-order valence-corrected chi connectivity index (χ4v) is 2.22. The molecule has 0 saturated carbocycles. The highest BCUT2D eigenvalue weighted by atomic mass is 28.2. The van der Waals surface area contributed by atoms with E-state index in [2.05, 4.69) is 4.43 Å². The molecule has 1 rings (SSSR count). The Hall–Kier alpha value is -1.10. The molecule has 0 amide bonds. The van der Waals surface area contributed by atoms with Crippen LogP contribution in [0, 0.1) is 0 Å². The first-order valence-electron chi connectivity index (χ1n) is 4.76. The molecule has 0 unspecified atom stereocenters. The molecule has 2 N–H and O–H groups in total. The molecule has 1 aromatic rings. The Bertz CT molecular complexity index is 410. The van der Waals surface area contributed by atoms with Gasteiger partial charge in [-0.2, -0.15) is 26.3 Å². The molecule has 0 saturated heterocycles. The van der Waals surface area contributed by atoms with E-state index in [1.807, 2.05) is 0 Å². The van der Waals surface area contributed by atoms with Crippen LogP contribution in [-0.2, 0) is 16.8 Å². The van der Waals surface area contributed by atoms with Gasteiger partial charge in [0, 0.05) is 0 Å². The monoisotopic (exact) mass is 306 g/mol. The zero-order valence-corrected chi connectivity index (χ0v) is 10.5. The summed E-state index contributed by atoms with van der Waals surface area (Å²) >= 11 is 0. The molecular formula is C9H8F6O3Si. The predicted molar refractivity (Wildman–Crippen MR) is 53.9 cm³/mol. The van der Waals surface area contributed by atoms with Crippen molar-refractivity contribution in [1.82, 2.24) is 0 Å². The SMILES string of the molecule is OC(O)O[SiH2]c1cc(C(F)(F)F)cc(C(F)(F)F)c1. The van der Waals surface area contributed by atoms with Crippen LogP contribution in [0.1, 0.15) is 11.1 Å². The summed E-state index contributed by atoms with van der Waals surface area (Å²) in [5.41, 5.74) is -2.92. The Kier molecular flexibility index (Phi) is 4.61. The topological polar surface area (TPSA) is 49.7 Å². The summed E-state index contributed by atoms with van der Waals surface area (Å²) in [4.78, 5) is 0. The summed E-state index contributed by atoms with van der Waals surface area (Å²) < 4.78 is 78.9. The number of alkyl halides is 6. The number of aliphatic hydroxyl groups is 2. The second kappa shape index (κ2) is 5.49. The summed E-state index contributed by atoms with van der Waals surface area (Å²) in [6, 6.07) is 1.00. The minimum Gasteiger partial charge on any atom is -0.373 e. The maximum absolute atomic E-state index is 12.4. The Labute approximate surface area is 105 Å². The van der Waals surface area contributed by atoms with Crippen molar-refractivity contribution >= 4 is 14.9 Å². The van der Waals surface area contributed by atoms with Crippen LogP contribution in [-0.4, -0.2) is 26.5 Å². The molecular weight excluding hydrogens is 298 g/mol. The number of benzene rings is 1. The highest BCUT2D eigenvalue weighted by Gasteiger charge is 2.36. The number of hydrogen-bond donors (Lipinski definition) is 2. The third-order valence-electron chi connectivity index (χ3n) is 2.05. The maximum Gasteiger partial charge on any atom is 0.416 e. The van der Waals surface area contributed by atoms with Crippen molar-refractivity contribution in [3.8, 4) is 0 Å². The molecule has 0 fully saturated rings. The molecule has 0 aliphatic rings. The largest absolute Gasteiger partial charge is 0.416 e. The van der Waals surface area contributed by atoms with Gasteiger partial charge in [-0.05, 0) is 23.4 Å². The van der Waals surface area contributed by atoms with Crippen LogP contribution < -0.4 is 5.19 Å². The van der Waals surface area contributed by atoms with Crippen LogP contribution in [0.4, 0.5) is 26.3 Å². The van der Waals surface area contributed by atoms with E-state index < -0.39 is 39.7 Å². The lowest BCUT2D eigenvalue weighted by Gasteiger charge is -2.14. The summed E-state index contributed by atoms with van der Waals surface area (Å²) in [5.74, 6) is 0. The van der Waals surface area contributed by atoms with Crippen molar-refractivity contribution < 1.29 is 41.0 Å². The average molecular weight is 306 g/mol. The van der Waals surface area contributed by atoms with Crippen molar-refractivity contribution in [1.29, 1.82) is 0 Å². The molecule has 1 aromatic carbocycles. The van der Waals surface area contributed by atoms with Crippen LogP contribution in [0.3, 0.4) is 0 Å². The van der Waals surface area contributed by atoms with Crippen molar-refractivity contribution in [3.63, 3.8) is 0 Å². The second-order valence-corrected chi connectivity index (χ2v) is 4.99. The van der Waals surface area contributed by atoms with Crippen LogP contribution >= 0.6 is 0 Å². The molecule has 19 heavy (non-hydrogen) atoms. The molecule has 0 aliphatic carbocycles. The molecule has 10 heteroatoms. The van der Waals surface area contributed by atoms with E-state index in [0.717, 1.165) is 0 Å². The van der Waals surface area contributed by atoms with Crippen LogP contribution in [0.25, 0.3) is 0 Å². The van der Waals surface area contributed by atoms with E-state index in [-0.39, 0.29) is 11.3 Å². The lowest BCUT2D eigenvalue weighted by atomic mass is 10.1. The molecule has 0 heterocycles. The van der Waals surface area contributed by atoms with Gasteiger partial charge in [-0.1, -0.05) is 0 Å². The second-order valence-electron chi connectivity index (χ2n) is 3.55. The van der Waals surface area contributed by atoms with Gasteiger partial charge in [0.15, 0.2) is 9.76 Å². The molecule has 0 spiro atoms. The third-order valence-corrected chi connectivity index (χ3v) is 3.25. The average Bonchev–Trinajstić information content (AvgIpc) is 2.23. The first kappa shape index (κ1) is 16.0. The Balaban J connectivity index is 3.17. The van der Waals surface area contributed by atoms with Gasteiger partial charge in [-0.25, -0.2) is 0 Å². The van der Waals surface area contributed by atoms with Gasteiger partial charge in [0.05, 0.1) is 11.1 Å². The Morgan fingerprint density at radius 3 is 1.63 bits per heavy atom. The van der Waals surface area contributed by atoms with Gasteiger partial charge in [0.25, 0.3) is 6.48 Å². The third kappa shape index (κ3) is 4.82. The first-order chi connectivity index (χ1) is 8.50. The quantitative estimate of drug-likeness (QED) is 0.491. The number of aliphatic hydroxyl groups excluding tert-OH is 1. The lowest BCUT2D eigenvalue weighted by molar-refractivity contribution is -0.179. The zero-order valence-electron chi connectivity index (χ0n) is 9.09. The van der Waals surface area contributed by atoms with Crippen molar-refractivity contribution in [3.05, 3.63) is 29.3 Å². The molecule has 0 aromatic heterocycles. The molecule has 0 aliphatic heterocycles. The number of hydrogen-bond acceptors (Lipinski definition) is 3. The molecule has 0 atom stereocenters. The van der Waals surface area contributed by atoms with E-state index in [1.165, 1.54) is 0 Å². The predicted octanol–water partition coefficient (Wildman–Crippen LogP) is 0.718. The molecule has 0 bridgehead atoms.